The van der Waals surface area contributed by atoms with Gasteiger partial charge >= 0.3 is 0 Å². The fourth-order valence-corrected chi connectivity index (χ4v) is 1.81. The topological polar surface area (TPSA) is 30.5 Å². The largest absolute Gasteiger partial charge is 0.493 e. The minimum Gasteiger partial charge on any atom is -0.493 e. The molecule has 1 unspecified atom stereocenters. The standard InChI is InChI=1S/C11H15NO2/c1-13-12-8-9-6-7-14-11-5-3-2-4-10(9)11/h2-5,9,12H,6-8H2,1H3. The maximum absolute atomic E-state index is 5.57. The fraction of sp³-hybridized carbons (Fsp3) is 0.455. The first-order valence-electron chi connectivity index (χ1n) is 4.89. The van der Waals surface area contributed by atoms with Gasteiger partial charge in [-0.1, -0.05) is 18.2 Å². The average molecular weight is 193 g/mol. The molecule has 14 heavy (non-hydrogen) atoms. The van der Waals surface area contributed by atoms with Crippen molar-refractivity contribution >= 4 is 0 Å². The predicted molar refractivity (Wildman–Crippen MR) is 54.3 cm³/mol. The van der Waals surface area contributed by atoms with Gasteiger partial charge in [-0.25, -0.2) is 5.48 Å². The fourth-order valence-electron chi connectivity index (χ4n) is 1.81. The number of fused-ring (bicyclic) bond motifs is 1. The van der Waals surface area contributed by atoms with E-state index in [0.29, 0.717) is 5.92 Å². The van der Waals surface area contributed by atoms with Crippen LogP contribution in [0.5, 0.6) is 5.75 Å². The van der Waals surface area contributed by atoms with E-state index < -0.39 is 0 Å². The molecule has 0 saturated carbocycles. The van der Waals surface area contributed by atoms with Crippen molar-refractivity contribution in [1.82, 2.24) is 5.48 Å². The summed E-state index contributed by atoms with van der Waals surface area (Å²) < 4.78 is 5.57. The number of hydrogen-bond donors (Lipinski definition) is 1. The summed E-state index contributed by atoms with van der Waals surface area (Å²) in [5.74, 6) is 1.52. The van der Waals surface area contributed by atoms with Gasteiger partial charge in [-0.3, -0.25) is 0 Å². The van der Waals surface area contributed by atoms with Crippen LogP contribution in [0.15, 0.2) is 24.3 Å². The summed E-state index contributed by atoms with van der Waals surface area (Å²) in [5.41, 5.74) is 4.18. The zero-order valence-corrected chi connectivity index (χ0v) is 8.32. The number of rotatable bonds is 3. The lowest BCUT2D eigenvalue weighted by Crippen LogP contribution is -2.25. The molecule has 0 bridgehead atoms. The van der Waals surface area contributed by atoms with Gasteiger partial charge in [0.15, 0.2) is 0 Å². The molecule has 1 N–H and O–H groups in total. The number of ether oxygens (including phenoxy) is 1. The van der Waals surface area contributed by atoms with Gasteiger partial charge in [0.25, 0.3) is 0 Å². The van der Waals surface area contributed by atoms with Crippen molar-refractivity contribution in [2.75, 3.05) is 20.3 Å². The number of hydrogen-bond acceptors (Lipinski definition) is 3. The van der Waals surface area contributed by atoms with Crippen molar-refractivity contribution in [1.29, 1.82) is 0 Å². The molecule has 0 fully saturated rings. The minimum absolute atomic E-state index is 0.500. The van der Waals surface area contributed by atoms with E-state index in [0.717, 1.165) is 25.3 Å². The van der Waals surface area contributed by atoms with Crippen LogP contribution in [-0.2, 0) is 4.84 Å². The highest BCUT2D eigenvalue weighted by Crippen LogP contribution is 2.32. The Bertz CT molecular complexity index is 301. The first kappa shape index (κ1) is 9.49. The van der Waals surface area contributed by atoms with Crippen molar-refractivity contribution in [3.8, 4) is 5.75 Å². The van der Waals surface area contributed by atoms with Gasteiger partial charge < -0.3 is 9.57 Å². The van der Waals surface area contributed by atoms with Gasteiger partial charge in [-0.05, 0) is 18.1 Å². The molecule has 0 amide bonds. The van der Waals surface area contributed by atoms with Crippen LogP contribution < -0.4 is 10.2 Å². The molecule has 1 aromatic carbocycles. The molecule has 2 rings (SSSR count). The molecular formula is C11H15NO2. The Kier molecular flexibility index (Phi) is 3.01. The molecule has 1 aliphatic rings. The maximum Gasteiger partial charge on any atom is 0.122 e. The Labute approximate surface area is 84.0 Å². The Hall–Kier alpha value is -1.06. The second-order valence-electron chi connectivity index (χ2n) is 3.42. The second kappa shape index (κ2) is 4.44. The van der Waals surface area contributed by atoms with Crippen LogP contribution in [0.1, 0.15) is 17.9 Å². The molecule has 1 aromatic rings. The highest BCUT2D eigenvalue weighted by atomic mass is 16.6. The van der Waals surface area contributed by atoms with E-state index in [9.17, 15) is 0 Å². The zero-order chi connectivity index (χ0) is 9.80. The van der Waals surface area contributed by atoms with Crippen molar-refractivity contribution < 1.29 is 9.57 Å². The number of para-hydroxylation sites is 1. The van der Waals surface area contributed by atoms with E-state index >= 15 is 0 Å². The molecule has 1 aliphatic heterocycles. The highest BCUT2D eigenvalue weighted by molar-refractivity contribution is 5.37. The lowest BCUT2D eigenvalue weighted by Gasteiger charge is -2.25. The van der Waals surface area contributed by atoms with Crippen molar-refractivity contribution in [2.24, 2.45) is 0 Å². The van der Waals surface area contributed by atoms with Gasteiger partial charge in [0, 0.05) is 12.5 Å². The van der Waals surface area contributed by atoms with Gasteiger partial charge in [-0.15, -0.1) is 0 Å². The van der Waals surface area contributed by atoms with E-state index in [-0.39, 0.29) is 0 Å². The first-order valence-corrected chi connectivity index (χ1v) is 4.89. The third-order valence-electron chi connectivity index (χ3n) is 2.56. The summed E-state index contributed by atoms with van der Waals surface area (Å²) in [5, 5.41) is 0. The summed E-state index contributed by atoms with van der Waals surface area (Å²) in [7, 11) is 1.64. The van der Waals surface area contributed by atoms with Crippen LogP contribution >= 0.6 is 0 Å². The molecule has 1 heterocycles. The van der Waals surface area contributed by atoms with Crippen LogP contribution in [0.3, 0.4) is 0 Å². The quantitative estimate of drug-likeness (QED) is 0.741. The van der Waals surface area contributed by atoms with Gasteiger partial charge in [0.2, 0.25) is 0 Å². The molecule has 0 saturated heterocycles. The number of hydroxylamine groups is 1. The Morgan fingerprint density at radius 1 is 1.50 bits per heavy atom. The van der Waals surface area contributed by atoms with Crippen LogP contribution in [-0.4, -0.2) is 20.3 Å². The van der Waals surface area contributed by atoms with E-state index in [1.165, 1.54) is 5.56 Å². The minimum atomic E-state index is 0.500. The first-order chi connectivity index (χ1) is 6.92. The van der Waals surface area contributed by atoms with Gasteiger partial charge in [-0.2, -0.15) is 0 Å². The zero-order valence-electron chi connectivity index (χ0n) is 8.32. The molecule has 1 atom stereocenters. The van der Waals surface area contributed by atoms with E-state index in [2.05, 4.69) is 11.5 Å². The van der Waals surface area contributed by atoms with Crippen LogP contribution in [0.2, 0.25) is 0 Å². The summed E-state index contributed by atoms with van der Waals surface area (Å²) in [6.07, 6.45) is 1.05. The Morgan fingerprint density at radius 3 is 3.21 bits per heavy atom. The van der Waals surface area contributed by atoms with Crippen molar-refractivity contribution in [3.63, 3.8) is 0 Å². The summed E-state index contributed by atoms with van der Waals surface area (Å²) in [4.78, 5) is 4.87. The Balaban J connectivity index is 2.14. The normalized spacial score (nSPS) is 19.9. The predicted octanol–water partition coefficient (Wildman–Crippen LogP) is 1.70. The third-order valence-corrected chi connectivity index (χ3v) is 2.56. The van der Waals surface area contributed by atoms with Crippen LogP contribution in [0.25, 0.3) is 0 Å². The number of benzene rings is 1. The third kappa shape index (κ3) is 1.89. The Morgan fingerprint density at radius 2 is 2.36 bits per heavy atom. The molecule has 76 valence electrons. The van der Waals surface area contributed by atoms with Crippen molar-refractivity contribution in [3.05, 3.63) is 29.8 Å². The van der Waals surface area contributed by atoms with Crippen LogP contribution in [0.4, 0.5) is 0 Å². The molecule has 3 heteroatoms. The molecule has 0 radical (unpaired) electrons. The molecule has 0 aliphatic carbocycles. The molecular weight excluding hydrogens is 178 g/mol. The van der Waals surface area contributed by atoms with E-state index in [1.54, 1.807) is 7.11 Å². The smallest absolute Gasteiger partial charge is 0.122 e. The van der Waals surface area contributed by atoms with Crippen LogP contribution in [0, 0.1) is 0 Å². The molecule has 3 nitrogen and oxygen atoms in total. The average Bonchev–Trinajstić information content (AvgIpc) is 2.26. The lowest BCUT2D eigenvalue weighted by molar-refractivity contribution is 0.0827. The van der Waals surface area contributed by atoms with Gasteiger partial charge in [0.05, 0.1) is 13.7 Å². The van der Waals surface area contributed by atoms with E-state index in [4.69, 9.17) is 9.57 Å². The number of nitrogens with one attached hydrogen (secondary N) is 1. The van der Waals surface area contributed by atoms with Crippen molar-refractivity contribution in [2.45, 2.75) is 12.3 Å². The maximum atomic E-state index is 5.57. The summed E-state index contributed by atoms with van der Waals surface area (Å²) in [6, 6.07) is 8.20. The second-order valence-corrected chi connectivity index (χ2v) is 3.42. The summed E-state index contributed by atoms with van der Waals surface area (Å²) >= 11 is 0. The summed E-state index contributed by atoms with van der Waals surface area (Å²) in [6.45, 7) is 1.64. The SMILES string of the molecule is CONCC1CCOc2ccccc21. The monoisotopic (exact) mass is 193 g/mol. The van der Waals surface area contributed by atoms with E-state index in [1.807, 2.05) is 18.2 Å². The van der Waals surface area contributed by atoms with Gasteiger partial charge in [0.1, 0.15) is 5.75 Å². The lowest BCUT2D eigenvalue weighted by atomic mass is 9.93. The molecule has 0 aromatic heterocycles. The highest BCUT2D eigenvalue weighted by Gasteiger charge is 2.20. The molecule has 0 spiro atoms.